The molecule has 0 heterocycles. The molecule has 3 aromatic rings. The molecule has 1 N–H and O–H groups in total. The predicted molar refractivity (Wildman–Crippen MR) is 145 cm³/mol. The molecule has 0 atom stereocenters. The molecule has 3 aromatic carbocycles. The lowest BCUT2D eigenvalue weighted by Gasteiger charge is -2.22. The molecular formula is C25H25BrClN3O6S. The molecule has 12 heteroatoms. The van der Waals surface area contributed by atoms with Gasteiger partial charge in [0.2, 0.25) is 15.8 Å². The van der Waals surface area contributed by atoms with Gasteiger partial charge in [-0.05, 0) is 48.0 Å². The Morgan fingerprint density at radius 2 is 1.68 bits per heavy atom. The van der Waals surface area contributed by atoms with E-state index in [0.29, 0.717) is 33.4 Å². The van der Waals surface area contributed by atoms with Gasteiger partial charge in [0.1, 0.15) is 0 Å². The van der Waals surface area contributed by atoms with E-state index in [1.807, 2.05) is 0 Å². The van der Waals surface area contributed by atoms with Crippen LogP contribution in [0.25, 0.3) is 0 Å². The van der Waals surface area contributed by atoms with Crippen LogP contribution in [-0.4, -0.2) is 52.7 Å². The zero-order valence-electron chi connectivity index (χ0n) is 20.3. The number of rotatable bonds is 11. The number of sulfonamides is 1. The van der Waals surface area contributed by atoms with Gasteiger partial charge in [-0.1, -0.05) is 45.7 Å². The minimum Gasteiger partial charge on any atom is -0.493 e. The summed E-state index contributed by atoms with van der Waals surface area (Å²) >= 11 is 9.56. The largest absolute Gasteiger partial charge is 0.493 e. The Balaban J connectivity index is 1.83. The van der Waals surface area contributed by atoms with E-state index in [2.05, 4.69) is 26.5 Å². The minimum atomic E-state index is -4.04. The fourth-order valence-electron chi connectivity index (χ4n) is 3.39. The number of halogens is 2. The second-order valence-electron chi connectivity index (χ2n) is 7.54. The number of hydrogen-bond donors (Lipinski definition) is 1. The highest BCUT2D eigenvalue weighted by molar-refractivity contribution is 9.10. The molecule has 9 nitrogen and oxygen atoms in total. The monoisotopic (exact) mass is 609 g/mol. The molecule has 0 saturated heterocycles. The van der Waals surface area contributed by atoms with Gasteiger partial charge < -0.3 is 14.2 Å². The van der Waals surface area contributed by atoms with Gasteiger partial charge in [0.25, 0.3) is 5.91 Å². The first-order chi connectivity index (χ1) is 17.7. The number of nitrogens with zero attached hydrogens (tertiary/aromatic N) is 2. The van der Waals surface area contributed by atoms with Crippen LogP contribution in [0.2, 0.25) is 5.02 Å². The van der Waals surface area contributed by atoms with E-state index < -0.39 is 22.5 Å². The van der Waals surface area contributed by atoms with Gasteiger partial charge in [-0.3, -0.25) is 4.79 Å². The Hall–Kier alpha value is -3.12. The summed E-state index contributed by atoms with van der Waals surface area (Å²) in [5, 5.41) is 4.36. The first-order valence-electron chi connectivity index (χ1n) is 10.8. The smallest absolute Gasteiger partial charge is 0.255 e. The second-order valence-corrected chi connectivity index (χ2v) is 10.8. The Kier molecular flexibility index (Phi) is 9.93. The molecule has 0 aromatic heterocycles. The topological polar surface area (TPSA) is 107 Å². The van der Waals surface area contributed by atoms with Crippen molar-refractivity contribution in [3.05, 3.63) is 81.3 Å². The fourth-order valence-corrected chi connectivity index (χ4v) is 5.23. The lowest BCUT2D eigenvalue weighted by molar-refractivity contribution is -0.121. The highest BCUT2D eigenvalue weighted by Crippen LogP contribution is 2.39. The number of nitrogens with one attached hydrogen (secondary N) is 1. The summed E-state index contributed by atoms with van der Waals surface area (Å²) in [5.41, 5.74) is 3.43. The van der Waals surface area contributed by atoms with E-state index in [0.717, 1.165) is 8.78 Å². The maximum Gasteiger partial charge on any atom is 0.255 e. The zero-order valence-corrected chi connectivity index (χ0v) is 23.4. The zero-order chi connectivity index (χ0) is 27.0. The molecule has 0 saturated carbocycles. The van der Waals surface area contributed by atoms with Gasteiger partial charge in [-0.15, -0.1) is 0 Å². The van der Waals surface area contributed by atoms with Gasteiger partial charge in [-0.25, -0.2) is 13.8 Å². The summed E-state index contributed by atoms with van der Waals surface area (Å²) in [7, 11) is 0.400. The van der Waals surface area contributed by atoms with Crippen molar-refractivity contribution < 1.29 is 27.4 Å². The van der Waals surface area contributed by atoms with Crippen molar-refractivity contribution in [1.29, 1.82) is 0 Å². The lowest BCUT2D eigenvalue weighted by Crippen LogP contribution is -2.39. The van der Waals surface area contributed by atoms with Crippen molar-refractivity contribution in [3.8, 4) is 17.2 Å². The molecule has 0 radical (unpaired) electrons. The molecule has 37 heavy (non-hydrogen) atoms. The summed E-state index contributed by atoms with van der Waals surface area (Å²) in [6.07, 6.45) is 1.36. The number of hydrazone groups is 1. The summed E-state index contributed by atoms with van der Waals surface area (Å²) in [6, 6.07) is 16.3. The quantitative estimate of drug-likeness (QED) is 0.254. The van der Waals surface area contributed by atoms with Crippen LogP contribution in [-0.2, 0) is 21.4 Å². The predicted octanol–water partition coefficient (Wildman–Crippen LogP) is 4.47. The molecule has 0 bridgehead atoms. The second kappa shape index (κ2) is 12.9. The minimum absolute atomic E-state index is 0.0362. The molecule has 0 aliphatic carbocycles. The number of methoxy groups -OCH3 is 3. The Morgan fingerprint density at radius 3 is 2.30 bits per heavy atom. The van der Waals surface area contributed by atoms with Crippen LogP contribution in [0.5, 0.6) is 17.2 Å². The van der Waals surface area contributed by atoms with Crippen LogP contribution >= 0.6 is 27.5 Å². The first-order valence-corrected chi connectivity index (χ1v) is 13.4. The molecule has 196 valence electrons. The van der Waals surface area contributed by atoms with Gasteiger partial charge in [-0.2, -0.15) is 9.41 Å². The lowest BCUT2D eigenvalue weighted by atomic mass is 10.2. The Bertz CT molecular complexity index is 1380. The van der Waals surface area contributed by atoms with Gasteiger partial charge >= 0.3 is 0 Å². The number of benzene rings is 3. The van der Waals surface area contributed by atoms with Crippen molar-refractivity contribution in [2.24, 2.45) is 5.10 Å². The molecule has 1 amide bonds. The molecule has 0 spiro atoms. The molecule has 0 unspecified atom stereocenters. The summed E-state index contributed by atoms with van der Waals surface area (Å²) in [6.45, 7) is -0.608. The van der Waals surface area contributed by atoms with Crippen LogP contribution in [0.3, 0.4) is 0 Å². The maximum absolute atomic E-state index is 13.4. The van der Waals surface area contributed by atoms with Gasteiger partial charge in [0, 0.05) is 21.6 Å². The van der Waals surface area contributed by atoms with Crippen LogP contribution in [0.15, 0.2) is 75.1 Å². The normalized spacial score (nSPS) is 11.5. The van der Waals surface area contributed by atoms with Crippen LogP contribution in [0.4, 0.5) is 0 Å². The number of carbonyl (C=O) groups is 1. The summed E-state index contributed by atoms with van der Waals surface area (Å²) < 4.78 is 44.6. The number of hydrogen-bond acceptors (Lipinski definition) is 7. The van der Waals surface area contributed by atoms with E-state index >= 15 is 0 Å². The third-order valence-electron chi connectivity index (χ3n) is 5.20. The molecular weight excluding hydrogens is 586 g/mol. The first kappa shape index (κ1) is 28.5. The van der Waals surface area contributed by atoms with Crippen LogP contribution in [0, 0.1) is 0 Å². The van der Waals surface area contributed by atoms with E-state index in [4.69, 9.17) is 25.8 Å². The Morgan fingerprint density at radius 1 is 1.00 bits per heavy atom. The fraction of sp³-hybridized carbons (Fsp3) is 0.200. The van der Waals surface area contributed by atoms with Crippen molar-refractivity contribution in [2.45, 2.75) is 11.4 Å². The van der Waals surface area contributed by atoms with Crippen LogP contribution < -0.4 is 19.6 Å². The maximum atomic E-state index is 13.4. The number of ether oxygens (including phenoxy) is 3. The van der Waals surface area contributed by atoms with E-state index in [1.165, 1.54) is 39.7 Å². The van der Waals surface area contributed by atoms with E-state index in [-0.39, 0.29) is 11.4 Å². The van der Waals surface area contributed by atoms with E-state index in [9.17, 15) is 13.2 Å². The van der Waals surface area contributed by atoms with Crippen molar-refractivity contribution in [2.75, 3.05) is 27.9 Å². The van der Waals surface area contributed by atoms with Gasteiger partial charge in [0.15, 0.2) is 11.5 Å². The standard InChI is InChI=1S/C25H25BrClN3O6S/c1-34-22-13-8-17(24(35-2)25(22)36-3)14-28-29-23(31)16-30(15-18-6-4-5-7-21(18)27)37(32,33)20-11-9-19(26)10-12-20/h4-14H,15-16H2,1-3H3,(H,29,31)/b28-14+. The highest BCUT2D eigenvalue weighted by atomic mass is 79.9. The molecule has 0 aliphatic rings. The average Bonchev–Trinajstić information content (AvgIpc) is 2.89. The Labute approximate surface area is 229 Å². The van der Waals surface area contributed by atoms with Crippen molar-refractivity contribution in [1.82, 2.24) is 9.73 Å². The number of amides is 1. The van der Waals surface area contributed by atoms with Gasteiger partial charge in [0.05, 0.1) is 39.0 Å². The molecule has 0 aliphatic heterocycles. The summed E-state index contributed by atoms with van der Waals surface area (Å²) in [4.78, 5) is 12.8. The van der Waals surface area contributed by atoms with Crippen molar-refractivity contribution >= 4 is 49.7 Å². The summed E-state index contributed by atoms with van der Waals surface area (Å²) in [5.74, 6) is 0.544. The van der Waals surface area contributed by atoms with Crippen LogP contribution in [0.1, 0.15) is 11.1 Å². The highest BCUT2D eigenvalue weighted by Gasteiger charge is 2.27. The third kappa shape index (κ3) is 7.01. The molecule has 0 fully saturated rings. The average molecular weight is 611 g/mol. The third-order valence-corrected chi connectivity index (χ3v) is 7.91. The molecule has 3 rings (SSSR count). The van der Waals surface area contributed by atoms with Crippen molar-refractivity contribution in [3.63, 3.8) is 0 Å². The van der Waals surface area contributed by atoms with E-state index in [1.54, 1.807) is 48.5 Å². The number of carbonyl (C=O) groups excluding carboxylic acids is 1. The SMILES string of the molecule is COc1ccc(/C=N/NC(=O)CN(Cc2ccccc2Cl)S(=O)(=O)c2ccc(Br)cc2)c(OC)c1OC.